The summed E-state index contributed by atoms with van der Waals surface area (Å²) in [6.07, 6.45) is 0. The zero-order chi connectivity index (χ0) is 18.1. The molecule has 4 aromatic carbocycles. The number of halogens is 2. The first-order valence-corrected chi connectivity index (χ1v) is 11.0. The molecule has 0 aromatic heterocycles. The minimum Gasteiger partial charge on any atom is -0.206 e. The molecule has 0 atom stereocenters. The van der Waals surface area contributed by atoms with Gasteiger partial charge in [0.25, 0.3) is 0 Å². The summed E-state index contributed by atoms with van der Waals surface area (Å²) < 4.78 is 29.7. The summed E-state index contributed by atoms with van der Waals surface area (Å²) in [5.74, 6) is -0.793. The van der Waals surface area contributed by atoms with Crippen LogP contribution >= 0.6 is 6.04 Å². The number of hydrogen-bond acceptors (Lipinski definition) is 1. The van der Waals surface area contributed by atoms with Crippen LogP contribution in [0, 0.1) is 11.6 Å². The van der Waals surface area contributed by atoms with E-state index >= 15 is 0 Å². The summed E-state index contributed by atoms with van der Waals surface area (Å²) in [7, 11) is 0. The second-order valence-corrected chi connectivity index (χ2v) is 10.3. The highest BCUT2D eigenvalue weighted by Gasteiger charge is 2.31. The zero-order valence-electron chi connectivity index (χ0n) is 13.8. The van der Waals surface area contributed by atoms with Crippen molar-refractivity contribution in [2.24, 2.45) is 0 Å². The normalized spacial score (nSPS) is 11.6. The van der Waals surface area contributed by atoms with Crippen LogP contribution in [0.5, 0.6) is 0 Å². The van der Waals surface area contributed by atoms with Gasteiger partial charge >= 0.3 is 0 Å². The Morgan fingerprint density at radius 1 is 0.538 bits per heavy atom. The van der Waals surface area contributed by atoms with Gasteiger partial charge < -0.3 is 0 Å². The Labute approximate surface area is 156 Å². The van der Waals surface area contributed by atoms with E-state index < -0.39 is 17.7 Å². The summed E-state index contributed by atoms with van der Waals surface area (Å²) in [5, 5.41) is 3.52. The molecular weight excluding hydrogens is 365 g/mol. The molecule has 0 saturated carbocycles. The summed E-state index contributed by atoms with van der Waals surface area (Å²) in [6, 6.07) is 23.6. The van der Waals surface area contributed by atoms with Crippen LogP contribution < -0.4 is 15.9 Å². The van der Waals surface area contributed by atoms with E-state index in [1.54, 1.807) is 36.4 Å². The van der Waals surface area contributed by atoms with Crippen molar-refractivity contribution in [2.75, 3.05) is 0 Å². The molecule has 0 aliphatic rings. The zero-order valence-corrected chi connectivity index (χ0v) is 15.5. The third-order valence-corrected chi connectivity index (χ3v) is 9.41. The highest BCUT2D eigenvalue weighted by Crippen LogP contribution is 2.46. The first-order valence-electron chi connectivity index (χ1n) is 8.21. The second kappa shape index (κ2) is 6.75. The fourth-order valence-electron chi connectivity index (χ4n) is 3.29. The van der Waals surface area contributed by atoms with Crippen LogP contribution in [0.2, 0.25) is 0 Å². The lowest BCUT2D eigenvalue weighted by Gasteiger charge is -2.26. The molecule has 128 valence electrons. The van der Waals surface area contributed by atoms with Gasteiger partial charge in [-0.25, -0.2) is 8.78 Å². The van der Waals surface area contributed by atoms with Gasteiger partial charge in [0.2, 0.25) is 0 Å². The molecule has 0 spiro atoms. The number of hydrogen-bond donors (Lipinski definition) is 0. The van der Waals surface area contributed by atoms with Crippen LogP contribution in [0.25, 0.3) is 10.8 Å². The van der Waals surface area contributed by atoms with Gasteiger partial charge in [-0.2, -0.15) is 0 Å². The average Bonchev–Trinajstić information content (AvgIpc) is 2.68. The molecule has 0 aliphatic carbocycles. The molecule has 4 heteroatoms. The van der Waals surface area contributed by atoms with Crippen LogP contribution in [0.15, 0.2) is 91.0 Å². The average molecular weight is 380 g/mol. The quantitative estimate of drug-likeness (QED) is 0.457. The molecule has 26 heavy (non-hydrogen) atoms. The van der Waals surface area contributed by atoms with Gasteiger partial charge in [0.05, 0.1) is 0 Å². The monoisotopic (exact) mass is 380 g/mol. The van der Waals surface area contributed by atoms with E-state index in [2.05, 4.69) is 0 Å². The van der Waals surface area contributed by atoms with Gasteiger partial charge in [-0.05, 0) is 22.9 Å². The maximum Gasteiger partial charge on any atom is 0.132 e. The van der Waals surface area contributed by atoms with E-state index in [1.807, 2.05) is 42.5 Å². The smallest absolute Gasteiger partial charge is 0.132 e. The van der Waals surface area contributed by atoms with Crippen molar-refractivity contribution in [1.82, 2.24) is 0 Å². The van der Waals surface area contributed by atoms with E-state index in [-0.39, 0.29) is 0 Å². The molecular formula is C22H15F2PS. The Morgan fingerprint density at radius 2 is 1.00 bits per heavy atom. The topological polar surface area (TPSA) is 0 Å². The van der Waals surface area contributed by atoms with E-state index in [4.69, 9.17) is 11.8 Å². The molecule has 4 rings (SSSR count). The molecule has 0 nitrogen and oxygen atoms in total. The third kappa shape index (κ3) is 2.68. The van der Waals surface area contributed by atoms with E-state index in [0.717, 1.165) is 16.1 Å². The maximum atomic E-state index is 14.8. The van der Waals surface area contributed by atoms with Gasteiger partial charge in [0, 0.05) is 22.0 Å². The highest BCUT2D eigenvalue weighted by molar-refractivity contribution is 8.25. The molecule has 0 amide bonds. The fourth-order valence-corrected chi connectivity index (χ4v) is 7.61. The summed E-state index contributed by atoms with van der Waals surface area (Å²) in [4.78, 5) is 0. The molecule has 0 aliphatic heterocycles. The van der Waals surface area contributed by atoms with Crippen LogP contribution in [-0.4, -0.2) is 0 Å². The van der Waals surface area contributed by atoms with Gasteiger partial charge in [0.1, 0.15) is 11.6 Å². The Morgan fingerprint density at radius 3 is 1.62 bits per heavy atom. The Kier molecular flexibility index (Phi) is 4.44. The predicted molar refractivity (Wildman–Crippen MR) is 110 cm³/mol. The molecule has 0 heterocycles. The van der Waals surface area contributed by atoms with Crippen molar-refractivity contribution in [3.05, 3.63) is 103 Å². The van der Waals surface area contributed by atoms with Gasteiger partial charge in [-0.15, -0.1) is 0 Å². The molecule has 0 unspecified atom stereocenters. The maximum absolute atomic E-state index is 14.8. The van der Waals surface area contributed by atoms with Crippen molar-refractivity contribution < 1.29 is 8.78 Å². The van der Waals surface area contributed by atoms with Crippen LogP contribution in [0.1, 0.15) is 0 Å². The fraction of sp³-hybridized carbons (Fsp3) is 0. The van der Waals surface area contributed by atoms with Crippen LogP contribution in [0.4, 0.5) is 8.78 Å². The standard InChI is InChI=1S/C22H15F2PS/c23-18-11-3-5-13-21(18)25(26,22-14-6-4-12-19(22)24)20-15-7-9-16-8-1-2-10-17(16)20/h1-15H. The SMILES string of the molecule is Fc1ccccc1P(=S)(c1ccccc1F)c1cccc2ccccc12. The molecule has 0 N–H and O–H groups in total. The number of fused-ring (bicyclic) bond motifs is 1. The molecule has 0 bridgehead atoms. The van der Waals surface area contributed by atoms with Gasteiger partial charge in [-0.1, -0.05) is 90.7 Å². The lowest BCUT2D eigenvalue weighted by molar-refractivity contribution is 0.634. The molecule has 0 radical (unpaired) electrons. The molecule has 4 aromatic rings. The second-order valence-electron chi connectivity index (χ2n) is 6.01. The molecule has 0 fully saturated rings. The molecule has 0 saturated heterocycles. The Hall–Kier alpha value is -2.35. The first-order chi connectivity index (χ1) is 12.6. The summed E-state index contributed by atoms with van der Waals surface area (Å²) in [6.45, 7) is 0. The third-order valence-electron chi connectivity index (χ3n) is 4.49. The van der Waals surface area contributed by atoms with E-state index in [9.17, 15) is 8.78 Å². The summed E-state index contributed by atoms with van der Waals surface area (Å²) >= 11 is 6.13. The predicted octanol–water partition coefficient (Wildman–Crippen LogP) is 4.87. The highest BCUT2D eigenvalue weighted by atomic mass is 32.4. The van der Waals surface area contributed by atoms with Gasteiger partial charge in [0.15, 0.2) is 0 Å². The van der Waals surface area contributed by atoms with Crippen molar-refractivity contribution >= 4 is 44.5 Å². The number of benzene rings is 4. The first kappa shape index (κ1) is 17.1. The minimum atomic E-state index is -2.91. The lowest BCUT2D eigenvalue weighted by atomic mass is 10.1. The largest absolute Gasteiger partial charge is 0.206 e. The van der Waals surface area contributed by atoms with Crippen molar-refractivity contribution in [2.45, 2.75) is 0 Å². The van der Waals surface area contributed by atoms with Crippen molar-refractivity contribution in [1.29, 1.82) is 0 Å². The Bertz CT molecular complexity index is 1100. The van der Waals surface area contributed by atoms with E-state index in [1.165, 1.54) is 12.1 Å². The summed E-state index contributed by atoms with van der Waals surface area (Å²) in [5.41, 5.74) is 0. The van der Waals surface area contributed by atoms with Crippen LogP contribution in [0.3, 0.4) is 0 Å². The Balaban J connectivity index is 2.15. The van der Waals surface area contributed by atoms with Gasteiger partial charge in [-0.3, -0.25) is 0 Å². The van der Waals surface area contributed by atoms with Crippen LogP contribution in [-0.2, 0) is 11.8 Å². The minimum absolute atomic E-state index is 0.386. The number of rotatable bonds is 3. The van der Waals surface area contributed by atoms with E-state index in [0.29, 0.717) is 10.6 Å². The lowest BCUT2D eigenvalue weighted by Crippen LogP contribution is -2.29. The van der Waals surface area contributed by atoms with Crippen molar-refractivity contribution in [3.8, 4) is 0 Å². The van der Waals surface area contributed by atoms with Crippen molar-refractivity contribution in [3.63, 3.8) is 0 Å².